The third-order valence-corrected chi connectivity index (χ3v) is 1.38. The maximum absolute atomic E-state index is 9.11. The second-order valence-electron chi connectivity index (χ2n) is 2.11. The number of aromatic hydroxyl groups is 2. The van der Waals surface area contributed by atoms with Crippen molar-refractivity contribution >= 4 is 0 Å². The SMILES string of the molecule is N#CCc1c(O)cccc1O. The molecule has 2 N–H and O–H groups in total. The van der Waals surface area contributed by atoms with Crippen molar-refractivity contribution in [2.24, 2.45) is 0 Å². The fraction of sp³-hybridized carbons (Fsp3) is 0.125. The van der Waals surface area contributed by atoms with Crippen molar-refractivity contribution in [3.05, 3.63) is 23.8 Å². The molecule has 0 amide bonds. The Morgan fingerprint density at radius 3 is 2.27 bits per heavy atom. The average Bonchev–Trinajstić information content (AvgIpc) is 1.97. The highest BCUT2D eigenvalue weighted by molar-refractivity contribution is 5.44. The predicted molar refractivity (Wildman–Crippen MR) is 39.1 cm³/mol. The Hall–Kier alpha value is -1.69. The van der Waals surface area contributed by atoms with E-state index in [1.54, 1.807) is 0 Å². The molecule has 1 aromatic carbocycles. The smallest absolute Gasteiger partial charge is 0.123 e. The van der Waals surface area contributed by atoms with E-state index in [1.807, 2.05) is 6.07 Å². The summed E-state index contributed by atoms with van der Waals surface area (Å²) >= 11 is 0. The van der Waals surface area contributed by atoms with Crippen LogP contribution in [0.5, 0.6) is 11.5 Å². The van der Waals surface area contributed by atoms with Crippen molar-refractivity contribution in [3.8, 4) is 17.6 Å². The number of nitriles is 1. The van der Waals surface area contributed by atoms with E-state index in [0.717, 1.165) is 0 Å². The van der Waals surface area contributed by atoms with Crippen molar-refractivity contribution in [3.63, 3.8) is 0 Å². The lowest BCUT2D eigenvalue weighted by Crippen LogP contribution is -1.82. The molecule has 11 heavy (non-hydrogen) atoms. The van der Waals surface area contributed by atoms with Gasteiger partial charge in [-0.15, -0.1) is 0 Å². The number of hydrogen-bond donors (Lipinski definition) is 2. The van der Waals surface area contributed by atoms with Gasteiger partial charge in [-0.3, -0.25) is 0 Å². The lowest BCUT2D eigenvalue weighted by atomic mass is 10.1. The summed E-state index contributed by atoms with van der Waals surface area (Å²) in [5, 5.41) is 26.5. The Morgan fingerprint density at radius 2 is 1.82 bits per heavy atom. The largest absolute Gasteiger partial charge is 0.507 e. The first-order valence-corrected chi connectivity index (χ1v) is 3.12. The number of benzene rings is 1. The Bertz CT molecular complexity index is 281. The number of hydrogen-bond acceptors (Lipinski definition) is 3. The molecule has 0 saturated carbocycles. The van der Waals surface area contributed by atoms with Gasteiger partial charge in [-0.2, -0.15) is 5.26 Å². The van der Waals surface area contributed by atoms with E-state index in [9.17, 15) is 0 Å². The number of phenolic OH excluding ortho intramolecular Hbond substituents is 2. The summed E-state index contributed by atoms with van der Waals surface area (Å²) in [6.45, 7) is 0. The highest BCUT2D eigenvalue weighted by Crippen LogP contribution is 2.25. The van der Waals surface area contributed by atoms with Gasteiger partial charge in [0, 0.05) is 5.56 Å². The molecule has 0 fully saturated rings. The Labute approximate surface area is 64.1 Å². The third-order valence-electron chi connectivity index (χ3n) is 1.38. The molecule has 56 valence electrons. The van der Waals surface area contributed by atoms with Gasteiger partial charge in [0.2, 0.25) is 0 Å². The average molecular weight is 149 g/mol. The molecule has 0 radical (unpaired) electrons. The highest BCUT2D eigenvalue weighted by atomic mass is 16.3. The van der Waals surface area contributed by atoms with Crippen LogP contribution in [0.1, 0.15) is 5.56 Å². The zero-order valence-corrected chi connectivity index (χ0v) is 5.78. The van der Waals surface area contributed by atoms with Crippen LogP contribution in [-0.4, -0.2) is 10.2 Å². The van der Waals surface area contributed by atoms with Gasteiger partial charge >= 0.3 is 0 Å². The topological polar surface area (TPSA) is 64.2 Å². The van der Waals surface area contributed by atoms with Gasteiger partial charge in [-0.1, -0.05) is 6.07 Å². The van der Waals surface area contributed by atoms with Gasteiger partial charge in [0.1, 0.15) is 11.5 Å². The molecule has 1 rings (SSSR count). The first-order valence-electron chi connectivity index (χ1n) is 3.12. The van der Waals surface area contributed by atoms with Crippen LogP contribution in [-0.2, 0) is 6.42 Å². The number of phenols is 2. The maximum atomic E-state index is 9.11. The third kappa shape index (κ3) is 1.41. The molecule has 0 aromatic heterocycles. The Morgan fingerprint density at radius 1 is 1.27 bits per heavy atom. The molecular formula is C8H7NO2. The van der Waals surface area contributed by atoms with Crippen molar-refractivity contribution < 1.29 is 10.2 Å². The molecule has 0 atom stereocenters. The highest BCUT2D eigenvalue weighted by Gasteiger charge is 2.04. The lowest BCUT2D eigenvalue weighted by Gasteiger charge is -2.00. The van der Waals surface area contributed by atoms with Crippen molar-refractivity contribution in [2.75, 3.05) is 0 Å². The maximum Gasteiger partial charge on any atom is 0.123 e. The molecule has 0 bridgehead atoms. The summed E-state index contributed by atoms with van der Waals surface area (Å²) in [6, 6.07) is 6.24. The normalized spacial score (nSPS) is 9.00. The van der Waals surface area contributed by atoms with Gasteiger partial charge < -0.3 is 10.2 Å². The fourth-order valence-electron chi connectivity index (χ4n) is 0.823. The number of rotatable bonds is 1. The second kappa shape index (κ2) is 2.93. The van der Waals surface area contributed by atoms with E-state index in [0.29, 0.717) is 0 Å². The molecule has 0 unspecified atom stereocenters. The van der Waals surface area contributed by atoms with Gasteiger partial charge in [-0.25, -0.2) is 0 Å². The van der Waals surface area contributed by atoms with Gasteiger partial charge in [-0.05, 0) is 12.1 Å². The molecule has 0 aliphatic heterocycles. The second-order valence-corrected chi connectivity index (χ2v) is 2.11. The number of nitrogens with zero attached hydrogens (tertiary/aromatic N) is 1. The molecule has 1 aromatic rings. The molecule has 0 aliphatic carbocycles. The fourth-order valence-corrected chi connectivity index (χ4v) is 0.823. The summed E-state index contributed by atoms with van der Waals surface area (Å²) in [5.74, 6) is -0.0712. The first-order chi connectivity index (χ1) is 5.25. The van der Waals surface area contributed by atoms with Crippen LogP contribution in [0.4, 0.5) is 0 Å². The van der Waals surface area contributed by atoms with Crippen LogP contribution in [0, 0.1) is 11.3 Å². The minimum atomic E-state index is -0.0356. The minimum Gasteiger partial charge on any atom is -0.507 e. The first kappa shape index (κ1) is 7.42. The van der Waals surface area contributed by atoms with Crippen LogP contribution < -0.4 is 0 Å². The van der Waals surface area contributed by atoms with E-state index in [1.165, 1.54) is 18.2 Å². The van der Waals surface area contributed by atoms with E-state index < -0.39 is 0 Å². The van der Waals surface area contributed by atoms with Crippen LogP contribution >= 0.6 is 0 Å². The van der Waals surface area contributed by atoms with Crippen molar-refractivity contribution in [1.82, 2.24) is 0 Å². The molecule has 0 heterocycles. The summed E-state index contributed by atoms with van der Waals surface area (Å²) in [6.07, 6.45) is 0.0263. The molecule has 3 heteroatoms. The van der Waals surface area contributed by atoms with Gasteiger partial charge in [0.25, 0.3) is 0 Å². The predicted octanol–water partition coefficient (Wildman–Crippen LogP) is 1.16. The van der Waals surface area contributed by atoms with Crippen molar-refractivity contribution in [2.45, 2.75) is 6.42 Å². The monoisotopic (exact) mass is 149 g/mol. The van der Waals surface area contributed by atoms with Crippen molar-refractivity contribution in [1.29, 1.82) is 5.26 Å². The van der Waals surface area contributed by atoms with E-state index in [-0.39, 0.29) is 23.5 Å². The van der Waals surface area contributed by atoms with Gasteiger partial charge in [0.15, 0.2) is 0 Å². The summed E-state index contributed by atoms with van der Waals surface area (Å²) in [5.41, 5.74) is 0.287. The zero-order valence-electron chi connectivity index (χ0n) is 5.78. The Kier molecular flexibility index (Phi) is 1.98. The lowest BCUT2D eigenvalue weighted by molar-refractivity contribution is 0.441. The molecule has 0 saturated heterocycles. The molecule has 0 spiro atoms. The van der Waals surface area contributed by atoms with E-state index in [2.05, 4.69) is 0 Å². The molecule has 3 nitrogen and oxygen atoms in total. The van der Waals surface area contributed by atoms with Crippen LogP contribution in [0.2, 0.25) is 0 Å². The quantitative estimate of drug-likeness (QED) is 0.629. The van der Waals surface area contributed by atoms with Gasteiger partial charge in [0.05, 0.1) is 12.5 Å². The summed E-state index contributed by atoms with van der Waals surface area (Å²) in [4.78, 5) is 0. The summed E-state index contributed by atoms with van der Waals surface area (Å²) in [7, 11) is 0. The van der Waals surface area contributed by atoms with E-state index >= 15 is 0 Å². The van der Waals surface area contributed by atoms with Crippen LogP contribution in [0.3, 0.4) is 0 Å². The standard InChI is InChI=1S/C8H7NO2/c9-5-4-6-7(10)2-1-3-8(6)11/h1-3,10-11H,4H2. The zero-order chi connectivity index (χ0) is 8.27. The molecule has 0 aliphatic rings. The summed E-state index contributed by atoms with van der Waals surface area (Å²) < 4.78 is 0. The van der Waals surface area contributed by atoms with Crippen LogP contribution in [0.15, 0.2) is 18.2 Å². The minimum absolute atomic E-state index is 0.0263. The molecular weight excluding hydrogens is 142 g/mol. The Balaban J connectivity index is 3.12. The van der Waals surface area contributed by atoms with E-state index in [4.69, 9.17) is 15.5 Å². The van der Waals surface area contributed by atoms with Crippen LogP contribution in [0.25, 0.3) is 0 Å².